The molecule has 0 amide bonds. The van der Waals surface area contributed by atoms with E-state index in [4.69, 9.17) is 5.73 Å². The van der Waals surface area contributed by atoms with Crippen LogP contribution in [0.25, 0.3) is 0 Å². The van der Waals surface area contributed by atoms with Gasteiger partial charge in [0.1, 0.15) is 0 Å². The highest BCUT2D eigenvalue weighted by Crippen LogP contribution is 2.23. The summed E-state index contributed by atoms with van der Waals surface area (Å²) in [6.45, 7) is 8.64. The predicted octanol–water partition coefficient (Wildman–Crippen LogP) is 1.36. The third-order valence-electron chi connectivity index (χ3n) is 3.69. The zero-order valence-corrected chi connectivity index (χ0v) is 11.2. The van der Waals surface area contributed by atoms with Gasteiger partial charge in [-0.15, -0.1) is 0 Å². The lowest BCUT2D eigenvalue weighted by Crippen LogP contribution is -2.38. The van der Waals surface area contributed by atoms with Crippen molar-refractivity contribution < 1.29 is 0 Å². The summed E-state index contributed by atoms with van der Waals surface area (Å²) in [4.78, 5) is 2.54. The molecule has 1 aromatic rings. The van der Waals surface area contributed by atoms with Crippen LogP contribution in [0.2, 0.25) is 0 Å². The van der Waals surface area contributed by atoms with Crippen LogP contribution in [0.3, 0.4) is 0 Å². The lowest BCUT2D eigenvalue weighted by molar-refractivity contribution is 0.131. The standard InChI is InChI=1S/C13H24N4/c1-10-4-11(2)8-17(7-10)9-13-12(5-14)6-15-16(13)3/h6,10-11H,4-5,7-9,14H2,1-3H3. The minimum absolute atomic E-state index is 0.585. The fourth-order valence-corrected chi connectivity index (χ4v) is 3.02. The molecule has 17 heavy (non-hydrogen) atoms. The van der Waals surface area contributed by atoms with Crippen molar-refractivity contribution in [3.63, 3.8) is 0 Å². The average molecular weight is 236 g/mol. The number of hydrogen-bond donors (Lipinski definition) is 1. The van der Waals surface area contributed by atoms with E-state index in [2.05, 4.69) is 23.8 Å². The Kier molecular flexibility index (Phi) is 3.84. The lowest BCUT2D eigenvalue weighted by atomic mass is 9.92. The summed E-state index contributed by atoms with van der Waals surface area (Å²) in [6.07, 6.45) is 3.25. The van der Waals surface area contributed by atoms with E-state index in [-0.39, 0.29) is 0 Å². The van der Waals surface area contributed by atoms with Crippen molar-refractivity contribution in [1.29, 1.82) is 0 Å². The number of hydrogen-bond acceptors (Lipinski definition) is 3. The highest BCUT2D eigenvalue weighted by molar-refractivity contribution is 5.17. The third kappa shape index (κ3) is 2.87. The molecule has 2 unspecified atom stereocenters. The highest BCUT2D eigenvalue weighted by atomic mass is 15.3. The second kappa shape index (κ2) is 5.19. The molecule has 0 saturated carbocycles. The predicted molar refractivity (Wildman–Crippen MR) is 69.3 cm³/mol. The first-order chi connectivity index (χ1) is 8.10. The summed E-state index contributed by atoms with van der Waals surface area (Å²) in [7, 11) is 2.01. The molecule has 0 aromatic carbocycles. The van der Waals surface area contributed by atoms with Gasteiger partial charge in [-0.3, -0.25) is 9.58 Å². The Morgan fingerprint density at radius 1 is 1.35 bits per heavy atom. The summed E-state index contributed by atoms with van der Waals surface area (Å²) >= 11 is 0. The Bertz CT molecular complexity index is 361. The van der Waals surface area contributed by atoms with Crippen LogP contribution < -0.4 is 5.73 Å². The maximum absolute atomic E-state index is 5.75. The number of aromatic nitrogens is 2. The molecule has 1 aliphatic heterocycles. The van der Waals surface area contributed by atoms with Crippen LogP contribution in [0, 0.1) is 11.8 Å². The number of likely N-dealkylation sites (tertiary alicyclic amines) is 1. The van der Waals surface area contributed by atoms with Gasteiger partial charge in [0.05, 0.1) is 11.9 Å². The number of aryl methyl sites for hydroxylation is 1. The second-order valence-corrected chi connectivity index (χ2v) is 5.58. The first kappa shape index (κ1) is 12.6. The van der Waals surface area contributed by atoms with Gasteiger partial charge in [-0.05, 0) is 18.3 Å². The summed E-state index contributed by atoms with van der Waals surface area (Å²) in [6, 6.07) is 0. The van der Waals surface area contributed by atoms with Crippen LogP contribution >= 0.6 is 0 Å². The SMILES string of the molecule is CC1CC(C)CN(Cc2c(CN)cnn2C)C1. The van der Waals surface area contributed by atoms with Crippen molar-refractivity contribution in [2.24, 2.45) is 24.6 Å². The molecule has 1 saturated heterocycles. The van der Waals surface area contributed by atoms with E-state index in [1.54, 1.807) is 0 Å². The van der Waals surface area contributed by atoms with Crippen LogP contribution in [0.5, 0.6) is 0 Å². The van der Waals surface area contributed by atoms with E-state index in [0.29, 0.717) is 6.54 Å². The van der Waals surface area contributed by atoms with Crippen LogP contribution in [0.1, 0.15) is 31.5 Å². The first-order valence-electron chi connectivity index (χ1n) is 6.52. The summed E-state index contributed by atoms with van der Waals surface area (Å²) < 4.78 is 1.96. The van der Waals surface area contributed by atoms with Gasteiger partial charge in [-0.1, -0.05) is 13.8 Å². The Morgan fingerprint density at radius 3 is 2.59 bits per heavy atom. The Balaban J connectivity index is 2.07. The van der Waals surface area contributed by atoms with Gasteiger partial charge in [0, 0.05) is 38.8 Å². The molecular formula is C13H24N4. The first-order valence-corrected chi connectivity index (χ1v) is 6.52. The van der Waals surface area contributed by atoms with Crippen molar-refractivity contribution in [3.8, 4) is 0 Å². The van der Waals surface area contributed by atoms with Gasteiger partial charge < -0.3 is 5.73 Å². The molecule has 2 N–H and O–H groups in total. The van der Waals surface area contributed by atoms with Gasteiger partial charge in [-0.25, -0.2) is 0 Å². The van der Waals surface area contributed by atoms with E-state index in [0.717, 1.165) is 18.4 Å². The molecule has 2 heterocycles. The van der Waals surface area contributed by atoms with E-state index in [1.165, 1.54) is 30.8 Å². The van der Waals surface area contributed by atoms with Gasteiger partial charge in [0.15, 0.2) is 0 Å². The fraction of sp³-hybridized carbons (Fsp3) is 0.769. The lowest BCUT2D eigenvalue weighted by Gasteiger charge is -2.35. The van der Waals surface area contributed by atoms with Crippen molar-refractivity contribution in [2.75, 3.05) is 13.1 Å². The van der Waals surface area contributed by atoms with E-state index in [9.17, 15) is 0 Å². The maximum Gasteiger partial charge on any atom is 0.0565 e. The van der Waals surface area contributed by atoms with Crippen molar-refractivity contribution >= 4 is 0 Å². The average Bonchev–Trinajstić information content (AvgIpc) is 2.59. The fourth-order valence-electron chi connectivity index (χ4n) is 3.02. The van der Waals surface area contributed by atoms with Crippen LogP contribution in [-0.4, -0.2) is 27.8 Å². The number of nitrogens with two attached hydrogens (primary N) is 1. The van der Waals surface area contributed by atoms with Gasteiger partial charge in [-0.2, -0.15) is 5.10 Å². The van der Waals surface area contributed by atoms with Crippen molar-refractivity contribution in [2.45, 2.75) is 33.4 Å². The molecule has 4 heteroatoms. The molecule has 2 atom stereocenters. The molecule has 96 valence electrons. The van der Waals surface area contributed by atoms with Crippen molar-refractivity contribution in [1.82, 2.24) is 14.7 Å². The summed E-state index contributed by atoms with van der Waals surface area (Å²) in [5, 5.41) is 4.30. The zero-order valence-electron chi connectivity index (χ0n) is 11.2. The summed E-state index contributed by atoms with van der Waals surface area (Å²) in [5.74, 6) is 1.60. The Hall–Kier alpha value is -0.870. The molecule has 2 rings (SSSR count). The molecule has 4 nitrogen and oxygen atoms in total. The second-order valence-electron chi connectivity index (χ2n) is 5.58. The molecule has 0 aliphatic carbocycles. The number of piperidine rings is 1. The maximum atomic E-state index is 5.75. The topological polar surface area (TPSA) is 47.1 Å². The highest BCUT2D eigenvalue weighted by Gasteiger charge is 2.23. The van der Waals surface area contributed by atoms with E-state index in [1.807, 2.05) is 17.9 Å². The Labute approximate surface area is 104 Å². The normalized spacial score (nSPS) is 26.4. The van der Waals surface area contributed by atoms with Crippen LogP contribution in [0.15, 0.2) is 6.20 Å². The van der Waals surface area contributed by atoms with Crippen molar-refractivity contribution in [3.05, 3.63) is 17.5 Å². The number of nitrogens with zero attached hydrogens (tertiary/aromatic N) is 3. The van der Waals surface area contributed by atoms with Gasteiger partial charge in [0.25, 0.3) is 0 Å². The monoisotopic (exact) mass is 236 g/mol. The molecular weight excluding hydrogens is 212 g/mol. The smallest absolute Gasteiger partial charge is 0.0565 e. The minimum Gasteiger partial charge on any atom is -0.326 e. The molecule has 1 fully saturated rings. The zero-order chi connectivity index (χ0) is 12.4. The van der Waals surface area contributed by atoms with Crippen LogP contribution in [0.4, 0.5) is 0 Å². The van der Waals surface area contributed by atoms with Gasteiger partial charge in [0.2, 0.25) is 0 Å². The van der Waals surface area contributed by atoms with Crippen LogP contribution in [-0.2, 0) is 20.1 Å². The summed E-state index contributed by atoms with van der Waals surface area (Å²) in [5.41, 5.74) is 8.20. The Morgan fingerprint density at radius 2 is 2.00 bits per heavy atom. The molecule has 1 aromatic heterocycles. The minimum atomic E-state index is 0.585. The molecule has 0 spiro atoms. The molecule has 1 aliphatic rings. The molecule has 0 radical (unpaired) electrons. The van der Waals surface area contributed by atoms with Gasteiger partial charge >= 0.3 is 0 Å². The quantitative estimate of drug-likeness (QED) is 0.862. The largest absolute Gasteiger partial charge is 0.326 e. The third-order valence-corrected chi connectivity index (χ3v) is 3.69. The molecule has 0 bridgehead atoms. The number of rotatable bonds is 3. The van der Waals surface area contributed by atoms with E-state index >= 15 is 0 Å². The van der Waals surface area contributed by atoms with E-state index < -0.39 is 0 Å².